The molecule has 2 aromatic heterocycles. The van der Waals surface area contributed by atoms with Crippen LogP contribution < -0.4 is 0 Å². The van der Waals surface area contributed by atoms with Crippen molar-refractivity contribution in [2.45, 2.75) is 19.3 Å². The van der Waals surface area contributed by atoms with Crippen molar-refractivity contribution in [2.24, 2.45) is 0 Å². The SMILES string of the molecule is CC1(C)c2ccccc2-c2cc(-c3ccc(-c4cc(-c5cc(-c6ccccc6)cc(-c6cccc7c6oc6ccccc67)c5)nc(-c5ccccc5)n4)cc3)ccc21. The van der Waals surface area contributed by atoms with Crippen LogP contribution in [0.25, 0.3) is 100 Å². The third kappa shape index (κ3) is 5.66. The lowest BCUT2D eigenvalue weighted by molar-refractivity contribution is 0.660. The average molecular weight is 743 g/mol. The fourth-order valence-corrected chi connectivity index (χ4v) is 8.90. The predicted molar refractivity (Wildman–Crippen MR) is 239 cm³/mol. The number of hydrogen-bond acceptors (Lipinski definition) is 3. The van der Waals surface area contributed by atoms with E-state index in [1.165, 1.54) is 33.4 Å². The number of furan rings is 1. The van der Waals surface area contributed by atoms with Crippen LogP contribution in [0.15, 0.2) is 199 Å². The predicted octanol–water partition coefficient (Wildman–Crippen LogP) is 14.7. The van der Waals surface area contributed by atoms with Crippen molar-refractivity contribution in [3.63, 3.8) is 0 Å². The van der Waals surface area contributed by atoms with Crippen molar-refractivity contribution < 1.29 is 4.42 Å². The van der Waals surface area contributed by atoms with Crippen LogP contribution in [-0.2, 0) is 5.41 Å². The number of nitrogens with zero attached hydrogens (tertiary/aromatic N) is 2. The van der Waals surface area contributed by atoms with Gasteiger partial charge < -0.3 is 4.42 Å². The number of aromatic nitrogens is 2. The van der Waals surface area contributed by atoms with E-state index in [4.69, 9.17) is 14.4 Å². The summed E-state index contributed by atoms with van der Waals surface area (Å²) in [6.45, 7) is 4.65. The highest BCUT2D eigenvalue weighted by atomic mass is 16.3. The van der Waals surface area contributed by atoms with Gasteiger partial charge in [0.15, 0.2) is 5.82 Å². The minimum atomic E-state index is -0.0162. The van der Waals surface area contributed by atoms with Gasteiger partial charge in [-0.1, -0.05) is 172 Å². The van der Waals surface area contributed by atoms with Crippen molar-refractivity contribution in [2.75, 3.05) is 0 Å². The van der Waals surface area contributed by atoms with Gasteiger partial charge in [-0.3, -0.25) is 0 Å². The molecule has 8 aromatic carbocycles. The molecule has 0 radical (unpaired) electrons. The largest absolute Gasteiger partial charge is 0.455 e. The molecule has 0 unspecified atom stereocenters. The lowest BCUT2D eigenvalue weighted by Crippen LogP contribution is -2.14. The first-order valence-electron chi connectivity index (χ1n) is 19.9. The van der Waals surface area contributed by atoms with Gasteiger partial charge >= 0.3 is 0 Å². The molecule has 0 amide bonds. The number of para-hydroxylation sites is 2. The summed E-state index contributed by atoms with van der Waals surface area (Å²) in [7, 11) is 0. The molecule has 0 fully saturated rings. The maximum Gasteiger partial charge on any atom is 0.160 e. The third-order valence-corrected chi connectivity index (χ3v) is 11.9. The summed E-state index contributed by atoms with van der Waals surface area (Å²) in [5, 5.41) is 2.22. The highest BCUT2D eigenvalue weighted by Gasteiger charge is 2.35. The fourth-order valence-electron chi connectivity index (χ4n) is 8.90. The minimum absolute atomic E-state index is 0.0162. The molecule has 3 nitrogen and oxygen atoms in total. The van der Waals surface area contributed by atoms with E-state index in [1.807, 2.05) is 30.3 Å². The van der Waals surface area contributed by atoms with Crippen molar-refractivity contribution in [3.8, 4) is 78.4 Å². The molecule has 2 heterocycles. The Kier molecular flexibility index (Phi) is 7.84. The van der Waals surface area contributed by atoms with Crippen LogP contribution >= 0.6 is 0 Å². The van der Waals surface area contributed by atoms with Gasteiger partial charge in [0, 0.05) is 38.4 Å². The molecule has 0 atom stereocenters. The molecule has 1 aliphatic rings. The Labute approximate surface area is 338 Å². The summed E-state index contributed by atoms with van der Waals surface area (Å²) < 4.78 is 6.55. The summed E-state index contributed by atoms with van der Waals surface area (Å²) in [4.78, 5) is 10.5. The van der Waals surface area contributed by atoms with E-state index in [0.717, 1.165) is 72.3 Å². The van der Waals surface area contributed by atoms with E-state index in [9.17, 15) is 0 Å². The summed E-state index contributed by atoms with van der Waals surface area (Å²) in [6.07, 6.45) is 0. The van der Waals surface area contributed by atoms with Crippen molar-refractivity contribution in [3.05, 3.63) is 205 Å². The average Bonchev–Trinajstić information content (AvgIpc) is 3.78. The Hall–Kier alpha value is -7.36. The molecule has 0 spiro atoms. The maximum atomic E-state index is 6.55. The standard InChI is InChI=1S/C55H38N2O/c1-55(2)48-22-11-9-18-44(48)47-33-39(28-29-49(47)55)36-24-26-37(27-25-36)50-34-51(57-54(56-50)38-16-7-4-8-17-38)42-31-40(35-14-5-3-6-15-35)30-41(32-42)43-20-13-21-46-45-19-10-12-23-52(45)58-53(43)46/h3-34H,1-2H3. The summed E-state index contributed by atoms with van der Waals surface area (Å²) >= 11 is 0. The number of fused-ring (bicyclic) bond motifs is 6. The zero-order valence-corrected chi connectivity index (χ0v) is 32.3. The monoisotopic (exact) mass is 742 g/mol. The Balaban J connectivity index is 1.05. The smallest absolute Gasteiger partial charge is 0.160 e. The lowest BCUT2D eigenvalue weighted by Gasteiger charge is -2.21. The van der Waals surface area contributed by atoms with Crippen LogP contribution in [0.3, 0.4) is 0 Å². The minimum Gasteiger partial charge on any atom is -0.455 e. The van der Waals surface area contributed by atoms with E-state index in [0.29, 0.717) is 5.82 Å². The van der Waals surface area contributed by atoms with Gasteiger partial charge in [-0.25, -0.2) is 9.97 Å². The fraction of sp³-hybridized carbons (Fsp3) is 0.0545. The molecule has 58 heavy (non-hydrogen) atoms. The zero-order valence-electron chi connectivity index (χ0n) is 32.3. The molecule has 0 N–H and O–H groups in total. The molecule has 1 aliphatic carbocycles. The van der Waals surface area contributed by atoms with Crippen LogP contribution in [0.2, 0.25) is 0 Å². The van der Waals surface area contributed by atoms with E-state index < -0.39 is 0 Å². The van der Waals surface area contributed by atoms with Crippen LogP contribution in [0, 0.1) is 0 Å². The van der Waals surface area contributed by atoms with Crippen LogP contribution in [0.1, 0.15) is 25.0 Å². The Bertz CT molecular complexity index is 3180. The maximum absolute atomic E-state index is 6.55. The Morgan fingerprint density at radius 3 is 1.74 bits per heavy atom. The number of rotatable bonds is 6. The molecule has 274 valence electrons. The highest BCUT2D eigenvalue weighted by molar-refractivity contribution is 6.09. The molecule has 3 heteroatoms. The molecule has 0 aliphatic heterocycles. The van der Waals surface area contributed by atoms with Crippen LogP contribution in [0.5, 0.6) is 0 Å². The molecule has 0 saturated carbocycles. The molecule has 11 rings (SSSR count). The quantitative estimate of drug-likeness (QED) is 0.170. The Morgan fingerprint density at radius 2 is 0.931 bits per heavy atom. The number of benzene rings is 8. The van der Waals surface area contributed by atoms with Gasteiger partial charge in [-0.2, -0.15) is 0 Å². The van der Waals surface area contributed by atoms with Crippen molar-refractivity contribution in [1.29, 1.82) is 0 Å². The van der Waals surface area contributed by atoms with E-state index in [-0.39, 0.29) is 5.41 Å². The van der Waals surface area contributed by atoms with Gasteiger partial charge in [0.1, 0.15) is 11.2 Å². The van der Waals surface area contributed by atoms with Crippen molar-refractivity contribution >= 4 is 21.9 Å². The second-order valence-electron chi connectivity index (χ2n) is 15.8. The first-order chi connectivity index (χ1) is 28.5. The van der Waals surface area contributed by atoms with Crippen LogP contribution in [-0.4, -0.2) is 9.97 Å². The first-order valence-corrected chi connectivity index (χ1v) is 19.9. The van der Waals surface area contributed by atoms with Gasteiger partial charge in [-0.05, 0) is 86.5 Å². The summed E-state index contributed by atoms with van der Waals surface area (Å²) in [6, 6.07) is 68.9. The van der Waals surface area contributed by atoms with E-state index in [2.05, 4.69) is 178 Å². The van der Waals surface area contributed by atoms with Gasteiger partial charge in [0.05, 0.1) is 11.4 Å². The third-order valence-electron chi connectivity index (χ3n) is 11.9. The highest BCUT2D eigenvalue weighted by Crippen LogP contribution is 2.49. The van der Waals surface area contributed by atoms with Crippen LogP contribution in [0.4, 0.5) is 0 Å². The molecule has 0 bridgehead atoms. The normalized spacial score (nSPS) is 12.8. The topological polar surface area (TPSA) is 38.9 Å². The van der Waals surface area contributed by atoms with Gasteiger partial charge in [-0.15, -0.1) is 0 Å². The molecular formula is C55H38N2O. The summed E-state index contributed by atoms with van der Waals surface area (Å²) in [5.41, 5.74) is 18.6. The van der Waals surface area contributed by atoms with Gasteiger partial charge in [0.2, 0.25) is 0 Å². The lowest BCUT2D eigenvalue weighted by atomic mass is 9.82. The second-order valence-corrected chi connectivity index (χ2v) is 15.8. The van der Waals surface area contributed by atoms with E-state index in [1.54, 1.807) is 0 Å². The summed E-state index contributed by atoms with van der Waals surface area (Å²) in [5.74, 6) is 0.683. The zero-order chi connectivity index (χ0) is 38.8. The first kappa shape index (κ1) is 33.9. The molecular weight excluding hydrogens is 705 g/mol. The Morgan fingerprint density at radius 1 is 0.362 bits per heavy atom. The molecule has 10 aromatic rings. The molecule has 0 saturated heterocycles. The second kappa shape index (κ2) is 13.4. The van der Waals surface area contributed by atoms with Crippen molar-refractivity contribution in [1.82, 2.24) is 9.97 Å². The van der Waals surface area contributed by atoms with E-state index >= 15 is 0 Å². The van der Waals surface area contributed by atoms with Gasteiger partial charge in [0.25, 0.3) is 0 Å². The number of hydrogen-bond donors (Lipinski definition) is 0.